The van der Waals surface area contributed by atoms with Crippen LogP contribution in [0.25, 0.3) is 56.7 Å². The number of benzene rings is 6. The minimum absolute atomic E-state index is 0.425. The third-order valence-electron chi connectivity index (χ3n) is 13.4. The predicted molar refractivity (Wildman–Crippen MR) is 254 cm³/mol. The normalized spacial score (nSPS) is 16.2. The van der Waals surface area contributed by atoms with Gasteiger partial charge < -0.3 is 0 Å². The summed E-state index contributed by atoms with van der Waals surface area (Å²) in [5, 5.41) is 0. The summed E-state index contributed by atoms with van der Waals surface area (Å²) in [6.07, 6.45) is 18.0. The molecule has 0 aliphatic heterocycles. The Morgan fingerprint density at radius 3 is 1.03 bits per heavy atom. The molecule has 294 valence electrons. The predicted octanol–water partition coefficient (Wildman–Crippen LogP) is 16.2. The van der Waals surface area contributed by atoms with Gasteiger partial charge in [0, 0.05) is 0 Å². The molecule has 0 amide bonds. The SMILES string of the molecule is CCCCCCC1=Cc2c(-c3ccccc3)ccc(-c3ccccc3)c2[CH]1[Zr]([CH3])([CH3])(=[SiH2])[CH]1C(CCCCCC)=Cc2c(-c3ccccc3)ccc(-c3ccccc3)c21. The summed E-state index contributed by atoms with van der Waals surface area (Å²) in [5.41, 5.74) is 20.6. The summed E-state index contributed by atoms with van der Waals surface area (Å²) in [5.74, 6) is 0. The first-order valence-corrected chi connectivity index (χ1v) is 36.0. The molecule has 0 saturated heterocycles. The Balaban J connectivity index is 1.41. The average Bonchev–Trinajstić information content (AvgIpc) is 3.86. The van der Waals surface area contributed by atoms with Crippen LogP contribution in [-0.4, -0.2) is 6.88 Å². The van der Waals surface area contributed by atoms with Gasteiger partial charge >= 0.3 is 355 Å². The van der Waals surface area contributed by atoms with Crippen molar-refractivity contribution in [3.05, 3.63) is 179 Å². The molecule has 0 N–H and O–H groups in total. The van der Waals surface area contributed by atoms with E-state index in [1.165, 1.54) is 120 Å². The molecule has 0 saturated carbocycles. The van der Waals surface area contributed by atoms with E-state index in [1.54, 1.807) is 22.3 Å². The Morgan fingerprint density at radius 1 is 0.397 bits per heavy atom. The molecule has 2 atom stereocenters. The molecule has 6 aromatic carbocycles. The van der Waals surface area contributed by atoms with Gasteiger partial charge in [0.05, 0.1) is 0 Å². The van der Waals surface area contributed by atoms with Gasteiger partial charge in [0.2, 0.25) is 0 Å². The van der Waals surface area contributed by atoms with Crippen molar-refractivity contribution in [2.45, 2.75) is 94.6 Å². The molecule has 0 radical (unpaired) electrons. The van der Waals surface area contributed by atoms with Gasteiger partial charge in [-0.1, -0.05) is 0 Å². The quantitative estimate of drug-likeness (QED) is 0.0672. The average molecular weight is 854 g/mol. The van der Waals surface area contributed by atoms with Gasteiger partial charge in [-0.25, -0.2) is 0 Å². The molecule has 0 heterocycles. The summed E-state index contributed by atoms with van der Waals surface area (Å²) < 4.78 is 6.61. The van der Waals surface area contributed by atoms with Crippen molar-refractivity contribution >= 4 is 19.0 Å². The van der Waals surface area contributed by atoms with E-state index in [4.69, 9.17) is 0 Å². The van der Waals surface area contributed by atoms with Crippen LogP contribution in [0.15, 0.2) is 157 Å². The van der Waals surface area contributed by atoms with E-state index in [0.29, 0.717) is 7.25 Å². The van der Waals surface area contributed by atoms with Crippen LogP contribution in [0, 0.1) is 0 Å². The van der Waals surface area contributed by atoms with Crippen LogP contribution >= 0.6 is 0 Å². The molecule has 0 spiro atoms. The van der Waals surface area contributed by atoms with Gasteiger partial charge in [0.1, 0.15) is 0 Å². The van der Waals surface area contributed by atoms with Crippen LogP contribution in [0.5, 0.6) is 0 Å². The van der Waals surface area contributed by atoms with Crippen LogP contribution in [0.1, 0.15) is 108 Å². The first-order chi connectivity index (χ1) is 28.3. The maximum atomic E-state index is 2.88. The number of allylic oxidation sites excluding steroid dienone is 2. The van der Waals surface area contributed by atoms with Gasteiger partial charge in [-0.2, -0.15) is 0 Å². The number of hydrogen-bond donors (Lipinski definition) is 0. The number of hydrogen-bond acceptors (Lipinski definition) is 0. The zero-order valence-electron chi connectivity index (χ0n) is 35.4. The molecule has 58 heavy (non-hydrogen) atoms. The summed E-state index contributed by atoms with van der Waals surface area (Å²) in [6, 6.07) is 54.9. The maximum absolute atomic E-state index is 4.14. The first kappa shape index (κ1) is 40.7. The fourth-order valence-corrected chi connectivity index (χ4v) is 30.5. The van der Waals surface area contributed by atoms with Crippen LogP contribution in [0.2, 0.25) is 9.26 Å². The molecule has 2 heteroatoms. The third kappa shape index (κ3) is 7.97. The van der Waals surface area contributed by atoms with Crippen molar-refractivity contribution in [2.75, 3.05) is 0 Å². The molecule has 8 rings (SSSR count). The van der Waals surface area contributed by atoms with Crippen LogP contribution in [0.4, 0.5) is 0 Å². The first-order valence-electron chi connectivity index (χ1n) is 22.3. The summed E-state index contributed by atoms with van der Waals surface area (Å²) in [7, 11) is 0. The summed E-state index contributed by atoms with van der Waals surface area (Å²) in [6.45, 7) is 7.22. The zero-order chi connectivity index (χ0) is 40.1. The Morgan fingerprint density at radius 2 is 0.707 bits per heavy atom. The van der Waals surface area contributed by atoms with E-state index < -0.39 is 17.4 Å². The molecule has 0 bridgehead atoms. The molecule has 2 aliphatic carbocycles. The minimum atomic E-state index is -4.14. The molecule has 0 fully saturated rings. The molecule has 2 aliphatic rings. The summed E-state index contributed by atoms with van der Waals surface area (Å²) in [4.78, 5) is 0. The molecule has 6 aromatic rings. The monoisotopic (exact) mass is 852 g/mol. The fourth-order valence-electron chi connectivity index (χ4n) is 10.9. The van der Waals surface area contributed by atoms with E-state index in [1.807, 2.05) is 0 Å². The van der Waals surface area contributed by atoms with Gasteiger partial charge in [-0.3, -0.25) is 0 Å². The number of rotatable bonds is 16. The zero-order valence-corrected chi connectivity index (χ0v) is 39.3. The van der Waals surface area contributed by atoms with Crippen molar-refractivity contribution in [1.82, 2.24) is 0 Å². The van der Waals surface area contributed by atoms with E-state index in [-0.39, 0.29) is 0 Å². The van der Waals surface area contributed by atoms with Crippen molar-refractivity contribution in [3.8, 4) is 44.5 Å². The Hall–Kier alpha value is -4.10. The Kier molecular flexibility index (Phi) is 12.4. The Bertz CT molecular complexity index is 2310. The van der Waals surface area contributed by atoms with Gasteiger partial charge in [-0.15, -0.1) is 0 Å². The molecular weight excluding hydrogens is 792 g/mol. The van der Waals surface area contributed by atoms with Crippen molar-refractivity contribution in [2.24, 2.45) is 0 Å². The Labute approximate surface area is 352 Å². The molecular formula is C56H62SiZr. The van der Waals surface area contributed by atoms with E-state index in [9.17, 15) is 0 Å². The van der Waals surface area contributed by atoms with Crippen molar-refractivity contribution in [1.29, 1.82) is 0 Å². The second-order valence-corrected chi connectivity index (χ2v) is 48.8. The van der Waals surface area contributed by atoms with Crippen LogP contribution < -0.4 is 0 Å². The van der Waals surface area contributed by atoms with E-state index in [2.05, 4.69) is 188 Å². The number of unbranched alkanes of at least 4 members (excludes halogenated alkanes) is 6. The van der Waals surface area contributed by atoms with Crippen molar-refractivity contribution in [3.63, 3.8) is 0 Å². The number of fused-ring (bicyclic) bond motifs is 2. The van der Waals surface area contributed by atoms with Crippen LogP contribution in [-0.2, 0) is 17.4 Å². The third-order valence-corrected chi connectivity index (χ3v) is 30.8. The topological polar surface area (TPSA) is 0 Å². The molecule has 0 nitrogen and oxygen atoms in total. The van der Waals surface area contributed by atoms with Gasteiger partial charge in [-0.05, 0) is 0 Å². The van der Waals surface area contributed by atoms with Gasteiger partial charge in [0.25, 0.3) is 0 Å². The van der Waals surface area contributed by atoms with Crippen molar-refractivity contribution < 1.29 is 17.4 Å². The van der Waals surface area contributed by atoms with E-state index >= 15 is 0 Å². The standard InChI is InChI=1S/2C27H27.2CH3.H2Si.Zr/c2*1-2-3-4-7-12-21-19-26-24(22-13-8-5-9-14-22)17-18-25(27(26)20-21)23-15-10-6-11-16-23;;;;/h2*5-6,8-11,13-20H,2-4,7,12H2,1H3;2*1H3;1H2;. The fraction of sp³-hybridized carbons (Fsp3) is 0.286. The second-order valence-electron chi connectivity index (χ2n) is 18.3. The molecule has 0 aromatic heterocycles. The summed E-state index contributed by atoms with van der Waals surface area (Å²) >= 11 is -4.14. The van der Waals surface area contributed by atoms with Gasteiger partial charge in [0.15, 0.2) is 0 Å². The van der Waals surface area contributed by atoms with Crippen LogP contribution in [0.3, 0.4) is 0 Å². The second kappa shape index (κ2) is 17.6. The van der Waals surface area contributed by atoms with E-state index in [0.717, 1.165) is 0 Å². The molecule has 2 unspecified atom stereocenters.